The molecule has 1 atom stereocenters. The van der Waals surface area contributed by atoms with Gasteiger partial charge >= 0.3 is 0 Å². The fourth-order valence-electron chi connectivity index (χ4n) is 1.79. The molecule has 5 nitrogen and oxygen atoms in total. The van der Waals surface area contributed by atoms with E-state index in [1.807, 2.05) is 0 Å². The average molecular weight is 255 g/mol. The van der Waals surface area contributed by atoms with Gasteiger partial charge in [-0.3, -0.25) is 4.79 Å². The number of carbonyl (C=O) groups excluding carboxylic acids is 1. The number of hydrogen-bond acceptors (Lipinski definition) is 4. The Morgan fingerprint density at radius 1 is 1.61 bits per heavy atom. The monoisotopic (exact) mass is 255 g/mol. The number of carbonyl (C=O) groups is 1. The van der Waals surface area contributed by atoms with E-state index in [4.69, 9.17) is 14.6 Å². The molecule has 0 saturated heterocycles. The van der Waals surface area contributed by atoms with Crippen LogP contribution < -0.4 is 9.64 Å². The summed E-state index contributed by atoms with van der Waals surface area (Å²) in [5, 5.41) is 9.08. The van der Waals surface area contributed by atoms with Gasteiger partial charge in [-0.2, -0.15) is 0 Å². The molecule has 0 saturated carbocycles. The normalized spacial score (nSPS) is 16.2. The van der Waals surface area contributed by atoms with Gasteiger partial charge in [0.1, 0.15) is 11.6 Å². The van der Waals surface area contributed by atoms with Crippen LogP contribution in [0.5, 0.6) is 5.75 Å². The summed E-state index contributed by atoms with van der Waals surface area (Å²) in [6, 6.07) is 3.97. The Balaban J connectivity index is 2.27. The first-order chi connectivity index (χ1) is 8.65. The third kappa shape index (κ3) is 2.44. The summed E-state index contributed by atoms with van der Waals surface area (Å²) in [6.45, 7) is -0.135. The molecule has 18 heavy (non-hydrogen) atoms. The second-order valence-electron chi connectivity index (χ2n) is 3.95. The van der Waals surface area contributed by atoms with E-state index in [0.717, 1.165) is 0 Å². The number of benzene rings is 1. The molecular weight excluding hydrogens is 241 g/mol. The molecule has 1 unspecified atom stereocenters. The van der Waals surface area contributed by atoms with Crippen LogP contribution in [0, 0.1) is 5.82 Å². The summed E-state index contributed by atoms with van der Waals surface area (Å²) in [7, 11) is 1.46. The first-order valence-electron chi connectivity index (χ1n) is 5.52. The van der Waals surface area contributed by atoms with E-state index in [1.54, 1.807) is 0 Å². The Kier molecular flexibility index (Phi) is 3.78. The minimum absolute atomic E-state index is 0.141. The van der Waals surface area contributed by atoms with Crippen molar-refractivity contribution in [2.45, 2.75) is 6.10 Å². The van der Waals surface area contributed by atoms with Crippen LogP contribution in [0.3, 0.4) is 0 Å². The molecule has 1 N–H and O–H groups in total. The third-order valence-electron chi connectivity index (χ3n) is 2.79. The first kappa shape index (κ1) is 12.8. The van der Waals surface area contributed by atoms with Crippen molar-refractivity contribution in [3.8, 4) is 5.75 Å². The van der Waals surface area contributed by atoms with Crippen molar-refractivity contribution in [3.63, 3.8) is 0 Å². The van der Waals surface area contributed by atoms with E-state index in [9.17, 15) is 9.18 Å². The number of fused-ring (bicyclic) bond motifs is 1. The summed E-state index contributed by atoms with van der Waals surface area (Å²) in [6.07, 6.45) is -0.482. The van der Waals surface area contributed by atoms with Crippen LogP contribution in [0.2, 0.25) is 0 Å². The van der Waals surface area contributed by atoms with Crippen molar-refractivity contribution in [2.75, 3.05) is 31.8 Å². The number of anilines is 1. The molecule has 1 heterocycles. The van der Waals surface area contributed by atoms with Crippen molar-refractivity contribution in [3.05, 3.63) is 24.0 Å². The lowest BCUT2D eigenvalue weighted by atomic mass is 10.2. The lowest BCUT2D eigenvalue weighted by Crippen LogP contribution is -2.44. The number of methoxy groups -OCH3 is 1. The molecule has 0 bridgehead atoms. The van der Waals surface area contributed by atoms with Gasteiger partial charge in [-0.15, -0.1) is 0 Å². The van der Waals surface area contributed by atoms with E-state index in [1.165, 1.54) is 30.2 Å². The highest BCUT2D eigenvalue weighted by Crippen LogP contribution is 2.32. The predicted octanol–water partition coefficient (Wildman–Crippen LogP) is 0.558. The summed E-state index contributed by atoms with van der Waals surface area (Å²) in [5.74, 6) is -0.347. The number of amides is 1. The van der Waals surface area contributed by atoms with Gasteiger partial charge in [0, 0.05) is 13.2 Å². The van der Waals surface area contributed by atoms with Crippen molar-refractivity contribution in [2.24, 2.45) is 0 Å². The number of rotatable bonds is 4. The predicted molar refractivity (Wildman–Crippen MR) is 62.1 cm³/mol. The number of hydrogen-bond donors (Lipinski definition) is 1. The van der Waals surface area contributed by atoms with Crippen LogP contribution in [-0.4, -0.2) is 44.0 Å². The Bertz CT molecular complexity index is 448. The standard InChI is InChI=1S/C12H14FNO4/c1-17-9(6-15)5-14-10-3-2-8(13)4-11(10)18-7-12(14)16/h2-4,9,15H,5-7H2,1H3. The van der Waals surface area contributed by atoms with Gasteiger partial charge in [0.05, 0.1) is 24.9 Å². The molecule has 98 valence electrons. The number of nitrogens with zero attached hydrogens (tertiary/aromatic N) is 1. The van der Waals surface area contributed by atoms with Gasteiger partial charge in [0.15, 0.2) is 6.61 Å². The molecule has 0 fully saturated rings. The zero-order valence-electron chi connectivity index (χ0n) is 9.93. The lowest BCUT2D eigenvalue weighted by Gasteiger charge is -2.31. The van der Waals surface area contributed by atoms with Crippen LogP contribution in [0.15, 0.2) is 18.2 Å². The number of ether oxygens (including phenoxy) is 2. The molecule has 1 aliphatic rings. The van der Waals surface area contributed by atoms with Crippen molar-refractivity contribution in [1.29, 1.82) is 0 Å². The van der Waals surface area contributed by atoms with Gasteiger partial charge < -0.3 is 19.5 Å². The van der Waals surface area contributed by atoms with Crippen LogP contribution in [0.25, 0.3) is 0 Å². The Morgan fingerprint density at radius 2 is 2.39 bits per heavy atom. The topological polar surface area (TPSA) is 59.0 Å². The lowest BCUT2D eigenvalue weighted by molar-refractivity contribution is -0.121. The van der Waals surface area contributed by atoms with E-state index >= 15 is 0 Å². The fraction of sp³-hybridized carbons (Fsp3) is 0.417. The largest absolute Gasteiger partial charge is 0.481 e. The van der Waals surface area contributed by atoms with Crippen molar-refractivity contribution < 1.29 is 23.8 Å². The van der Waals surface area contributed by atoms with Gasteiger partial charge in [0.2, 0.25) is 0 Å². The third-order valence-corrected chi connectivity index (χ3v) is 2.79. The van der Waals surface area contributed by atoms with E-state index in [2.05, 4.69) is 0 Å². The molecule has 2 rings (SSSR count). The highest BCUT2D eigenvalue weighted by Gasteiger charge is 2.27. The maximum absolute atomic E-state index is 13.1. The van der Waals surface area contributed by atoms with Crippen molar-refractivity contribution in [1.82, 2.24) is 0 Å². The van der Waals surface area contributed by atoms with Gasteiger partial charge in [0.25, 0.3) is 5.91 Å². The van der Waals surface area contributed by atoms with Gasteiger partial charge in [-0.05, 0) is 12.1 Å². The smallest absolute Gasteiger partial charge is 0.265 e. The van der Waals surface area contributed by atoms with Crippen LogP contribution in [0.1, 0.15) is 0 Å². The molecule has 1 aromatic carbocycles. The van der Waals surface area contributed by atoms with Gasteiger partial charge in [-0.1, -0.05) is 0 Å². The fourth-order valence-corrected chi connectivity index (χ4v) is 1.79. The summed E-state index contributed by atoms with van der Waals surface area (Å²) in [4.78, 5) is 13.2. The molecule has 1 amide bonds. The minimum Gasteiger partial charge on any atom is -0.481 e. The molecule has 0 spiro atoms. The summed E-state index contributed by atoms with van der Waals surface area (Å²) in [5.41, 5.74) is 0.489. The maximum atomic E-state index is 13.1. The molecule has 0 aromatic heterocycles. The van der Waals surface area contributed by atoms with Crippen LogP contribution in [-0.2, 0) is 9.53 Å². The number of aliphatic hydroxyl groups is 1. The second-order valence-corrected chi connectivity index (χ2v) is 3.95. The summed E-state index contributed by atoms with van der Waals surface area (Å²) < 4.78 is 23.3. The highest BCUT2D eigenvalue weighted by atomic mass is 19.1. The minimum atomic E-state index is -0.482. The SMILES string of the molecule is COC(CO)CN1C(=O)COc2cc(F)ccc21. The Labute approximate surface area is 104 Å². The van der Waals surface area contributed by atoms with E-state index in [0.29, 0.717) is 11.4 Å². The van der Waals surface area contributed by atoms with Crippen molar-refractivity contribution >= 4 is 11.6 Å². The zero-order chi connectivity index (χ0) is 13.1. The molecule has 6 heteroatoms. The molecular formula is C12H14FNO4. The zero-order valence-corrected chi connectivity index (χ0v) is 9.93. The molecule has 1 aromatic rings. The first-order valence-corrected chi connectivity index (χ1v) is 5.52. The maximum Gasteiger partial charge on any atom is 0.265 e. The van der Waals surface area contributed by atoms with E-state index < -0.39 is 11.9 Å². The molecule has 1 aliphatic heterocycles. The number of aliphatic hydroxyl groups excluding tert-OH is 1. The molecule has 0 radical (unpaired) electrons. The van der Waals surface area contributed by atoms with Gasteiger partial charge in [-0.25, -0.2) is 4.39 Å². The Morgan fingerprint density at radius 3 is 3.06 bits per heavy atom. The summed E-state index contributed by atoms with van der Waals surface area (Å²) >= 11 is 0. The molecule has 0 aliphatic carbocycles. The van der Waals surface area contributed by atoms with Crippen LogP contribution >= 0.6 is 0 Å². The quantitative estimate of drug-likeness (QED) is 0.854. The second kappa shape index (κ2) is 5.32. The number of halogens is 1. The average Bonchev–Trinajstić information content (AvgIpc) is 2.38. The van der Waals surface area contributed by atoms with E-state index in [-0.39, 0.29) is 25.7 Å². The Hall–Kier alpha value is -1.66. The van der Waals surface area contributed by atoms with Crippen LogP contribution in [0.4, 0.5) is 10.1 Å². The highest BCUT2D eigenvalue weighted by molar-refractivity contribution is 5.97.